The lowest BCUT2D eigenvalue weighted by Gasteiger charge is -2.21. The molecule has 9 heteroatoms. The van der Waals surface area contributed by atoms with Gasteiger partial charge in [-0.25, -0.2) is 4.79 Å². The Bertz CT molecular complexity index is 965. The van der Waals surface area contributed by atoms with E-state index in [1.54, 1.807) is 39.0 Å². The highest BCUT2D eigenvalue weighted by Gasteiger charge is 2.24. The summed E-state index contributed by atoms with van der Waals surface area (Å²) in [6, 6.07) is 13.7. The van der Waals surface area contributed by atoms with Crippen molar-refractivity contribution >= 4 is 22.2 Å². The lowest BCUT2D eigenvalue weighted by molar-refractivity contribution is -0.142. The van der Waals surface area contributed by atoms with Crippen molar-refractivity contribution in [2.24, 2.45) is 0 Å². The molecule has 1 N–H and O–H groups in total. The summed E-state index contributed by atoms with van der Waals surface area (Å²) in [5.41, 5.74) is -0.156. The van der Waals surface area contributed by atoms with Crippen molar-refractivity contribution in [1.29, 1.82) is 0 Å². The van der Waals surface area contributed by atoms with E-state index >= 15 is 0 Å². The molecule has 8 nitrogen and oxygen atoms in total. The van der Waals surface area contributed by atoms with Crippen LogP contribution in [0.3, 0.4) is 0 Å². The number of carbonyl (C=O) groups is 2. The first kappa shape index (κ1) is 23.2. The number of alkyl carbamates (subject to hydrolysis) is 1. The van der Waals surface area contributed by atoms with Crippen LogP contribution in [-0.4, -0.2) is 39.7 Å². The summed E-state index contributed by atoms with van der Waals surface area (Å²) in [5, 5.41) is 2.54. The molecule has 0 spiro atoms. The summed E-state index contributed by atoms with van der Waals surface area (Å²) < 4.78 is 39.7. The molecule has 0 heterocycles. The van der Waals surface area contributed by atoms with Crippen LogP contribution in [0.4, 0.5) is 4.79 Å². The van der Waals surface area contributed by atoms with Gasteiger partial charge in [0.2, 0.25) is 0 Å². The first-order valence-corrected chi connectivity index (χ1v) is 10.6. The molecule has 0 aliphatic heterocycles. The van der Waals surface area contributed by atoms with Crippen molar-refractivity contribution in [2.75, 3.05) is 13.7 Å². The van der Waals surface area contributed by atoms with Crippen LogP contribution in [0.2, 0.25) is 0 Å². The molecule has 1 atom stereocenters. The van der Waals surface area contributed by atoms with Crippen molar-refractivity contribution < 1.29 is 31.7 Å². The summed E-state index contributed by atoms with van der Waals surface area (Å²) in [6.07, 6.45) is -0.662. The summed E-state index contributed by atoms with van der Waals surface area (Å²) in [6.45, 7) is 5.13. The van der Waals surface area contributed by atoms with E-state index in [0.29, 0.717) is 5.56 Å². The number of esters is 1. The predicted octanol–water partition coefficient (Wildman–Crippen LogP) is 3.24. The Morgan fingerprint density at radius 2 is 1.60 bits per heavy atom. The molecule has 1 unspecified atom stereocenters. The molecule has 30 heavy (non-hydrogen) atoms. The molecule has 0 aliphatic rings. The largest absolute Gasteiger partial charge is 0.468 e. The fraction of sp³-hybridized carbons (Fsp3) is 0.333. The monoisotopic (exact) mass is 435 g/mol. The first-order chi connectivity index (χ1) is 14.0. The van der Waals surface area contributed by atoms with Gasteiger partial charge in [-0.3, -0.25) is 4.79 Å². The highest BCUT2D eigenvalue weighted by atomic mass is 32.2. The summed E-state index contributed by atoms with van der Waals surface area (Å²) in [7, 11) is -2.73. The molecular formula is C21H25NO7S. The lowest BCUT2D eigenvalue weighted by Crippen LogP contribution is -2.36. The molecule has 2 aromatic rings. The van der Waals surface area contributed by atoms with E-state index in [1.165, 1.54) is 43.5 Å². The quantitative estimate of drug-likeness (QED) is 0.525. The zero-order valence-electron chi connectivity index (χ0n) is 17.2. The van der Waals surface area contributed by atoms with Crippen molar-refractivity contribution in [2.45, 2.75) is 37.2 Å². The maximum absolute atomic E-state index is 12.3. The molecule has 0 saturated heterocycles. The Balaban J connectivity index is 2.12. The van der Waals surface area contributed by atoms with Gasteiger partial charge in [0.1, 0.15) is 16.2 Å². The number of ether oxygens (including phenoxy) is 2. The van der Waals surface area contributed by atoms with E-state index in [1.807, 2.05) is 0 Å². The molecule has 0 bridgehead atoms. The molecule has 2 rings (SSSR count). The molecule has 1 amide bonds. The fourth-order valence-corrected chi connectivity index (χ4v) is 3.45. The average molecular weight is 435 g/mol. The normalized spacial score (nSPS) is 12.5. The molecule has 162 valence electrons. The first-order valence-electron chi connectivity index (χ1n) is 9.16. The highest BCUT2D eigenvalue weighted by molar-refractivity contribution is 7.87. The van der Waals surface area contributed by atoms with Gasteiger partial charge in [-0.1, -0.05) is 30.3 Å². The van der Waals surface area contributed by atoms with Crippen LogP contribution in [0, 0.1) is 0 Å². The molecule has 0 saturated carbocycles. The van der Waals surface area contributed by atoms with Crippen molar-refractivity contribution in [1.82, 2.24) is 5.32 Å². The van der Waals surface area contributed by atoms with Gasteiger partial charge in [0.15, 0.2) is 0 Å². The van der Waals surface area contributed by atoms with E-state index in [0.717, 1.165) is 0 Å². The maximum Gasteiger partial charge on any atom is 0.407 e. The summed E-state index contributed by atoms with van der Waals surface area (Å²) in [5.74, 6) is -1.27. The van der Waals surface area contributed by atoms with Crippen molar-refractivity contribution in [3.05, 3.63) is 60.2 Å². The summed E-state index contributed by atoms with van der Waals surface area (Å²) >= 11 is 0. The second-order valence-corrected chi connectivity index (χ2v) is 8.92. The van der Waals surface area contributed by atoms with Gasteiger partial charge < -0.3 is 19.0 Å². The Morgan fingerprint density at radius 1 is 1.00 bits per heavy atom. The van der Waals surface area contributed by atoms with Gasteiger partial charge >= 0.3 is 22.2 Å². The highest BCUT2D eigenvalue weighted by Crippen LogP contribution is 2.23. The van der Waals surface area contributed by atoms with E-state index in [4.69, 9.17) is 13.7 Å². The van der Waals surface area contributed by atoms with E-state index < -0.39 is 33.7 Å². The number of amides is 1. The Labute approximate surface area is 176 Å². The Kier molecular flexibility index (Phi) is 7.44. The number of benzene rings is 2. The molecular weight excluding hydrogens is 410 g/mol. The van der Waals surface area contributed by atoms with E-state index in [-0.39, 0.29) is 17.2 Å². The summed E-state index contributed by atoms with van der Waals surface area (Å²) in [4.78, 5) is 24.1. The zero-order valence-corrected chi connectivity index (χ0v) is 18.1. The topological polar surface area (TPSA) is 108 Å². The van der Waals surface area contributed by atoms with Crippen LogP contribution < -0.4 is 9.50 Å². The van der Waals surface area contributed by atoms with E-state index in [9.17, 15) is 18.0 Å². The van der Waals surface area contributed by atoms with Gasteiger partial charge in [-0.05, 0) is 50.6 Å². The minimum absolute atomic E-state index is 0.0306. The van der Waals surface area contributed by atoms with Crippen LogP contribution in [-0.2, 0) is 24.4 Å². The third kappa shape index (κ3) is 6.77. The second kappa shape index (κ2) is 9.62. The average Bonchev–Trinajstić information content (AvgIpc) is 2.68. The SMILES string of the molecule is COC(=O)C(CNC(=O)OC(C)(C)C)c1ccc(OS(=O)(=O)c2ccccc2)cc1. The number of hydrogen-bond donors (Lipinski definition) is 1. The molecule has 0 fully saturated rings. The van der Waals surface area contributed by atoms with Crippen LogP contribution in [0.1, 0.15) is 32.3 Å². The Hall–Kier alpha value is -3.07. The van der Waals surface area contributed by atoms with Gasteiger partial charge in [0.25, 0.3) is 0 Å². The lowest BCUT2D eigenvalue weighted by atomic mass is 9.99. The van der Waals surface area contributed by atoms with Gasteiger partial charge in [0, 0.05) is 6.54 Å². The Morgan fingerprint density at radius 3 is 2.13 bits per heavy atom. The standard InChI is InChI=1S/C21H25NO7S/c1-21(2,3)28-20(24)22-14-18(19(23)27-4)15-10-12-16(13-11-15)29-30(25,26)17-8-6-5-7-9-17/h5-13,18H,14H2,1-4H3,(H,22,24). The van der Waals surface area contributed by atoms with Gasteiger partial charge in [0.05, 0.1) is 13.0 Å². The third-order valence-corrected chi connectivity index (χ3v) is 5.12. The smallest absolute Gasteiger partial charge is 0.407 e. The molecule has 2 aromatic carbocycles. The minimum atomic E-state index is -3.97. The molecule has 0 aliphatic carbocycles. The third-order valence-electron chi connectivity index (χ3n) is 3.86. The fourth-order valence-electron chi connectivity index (χ4n) is 2.50. The second-order valence-electron chi connectivity index (χ2n) is 7.38. The molecule has 0 radical (unpaired) electrons. The number of carbonyl (C=O) groups excluding carboxylic acids is 2. The number of hydrogen-bond acceptors (Lipinski definition) is 7. The van der Waals surface area contributed by atoms with Crippen LogP contribution in [0.25, 0.3) is 0 Å². The molecule has 0 aromatic heterocycles. The van der Waals surface area contributed by atoms with E-state index in [2.05, 4.69) is 5.32 Å². The van der Waals surface area contributed by atoms with Gasteiger partial charge in [-0.15, -0.1) is 0 Å². The number of methoxy groups -OCH3 is 1. The van der Waals surface area contributed by atoms with Crippen LogP contribution in [0.5, 0.6) is 5.75 Å². The van der Waals surface area contributed by atoms with Crippen LogP contribution >= 0.6 is 0 Å². The number of nitrogens with one attached hydrogen (secondary N) is 1. The predicted molar refractivity (Wildman–Crippen MR) is 110 cm³/mol. The minimum Gasteiger partial charge on any atom is -0.468 e. The van der Waals surface area contributed by atoms with Crippen molar-refractivity contribution in [3.63, 3.8) is 0 Å². The van der Waals surface area contributed by atoms with Gasteiger partial charge in [-0.2, -0.15) is 8.42 Å². The number of rotatable bonds is 7. The van der Waals surface area contributed by atoms with Crippen LogP contribution in [0.15, 0.2) is 59.5 Å². The van der Waals surface area contributed by atoms with Crippen molar-refractivity contribution in [3.8, 4) is 5.75 Å². The zero-order chi connectivity index (χ0) is 22.4. The maximum atomic E-state index is 12.3.